The maximum absolute atomic E-state index is 13.3. The van der Waals surface area contributed by atoms with E-state index in [1.807, 2.05) is 0 Å². The van der Waals surface area contributed by atoms with E-state index in [1.165, 1.54) is 30.5 Å². The van der Waals surface area contributed by atoms with Crippen molar-refractivity contribution in [1.29, 1.82) is 0 Å². The van der Waals surface area contributed by atoms with Gasteiger partial charge in [0.25, 0.3) is 10.0 Å². The van der Waals surface area contributed by atoms with E-state index in [9.17, 15) is 26.4 Å². The van der Waals surface area contributed by atoms with Gasteiger partial charge < -0.3 is 0 Å². The van der Waals surface area contributed by atoms with Gasteiger partial charge in [-0.25, -0.2) is 12.4 Å². The number of carbonyl (C=O) groups excluding carboxylic acids is 1. The van der Waals surface area contributed by atoms with Gasteiger partial charge >= 0.3 is 6.18 Å². The number of aldehydes is 1. The zero-order valence-corrected chi connectivity index (χ0v) is 13.8. The molecule has 0 saturated carbocycles. The summed E-state index contributed by atoms with van der Waals surface area (Å²) in [6.07, 6.45) is -0.890. The molecule has 5 nitrogen and oxygen atoms in total. The number of benzene rings is 1. The highest BCUT2D eigenvalue weighted by atomic mass is 32.2. The summed E-state index contributed by atoms with van der Waals surface area (Å²) in [4.78, 5) is 14.6. The van der Waals surface area contributed by atoms with Gasteiger partial charge in [0.15, 0.2) is 6.29 Å². The van der Waals surface area contributed by atoms with Crippen LogP contribution in [-0.2, 0) is 16.2 Å². The molecular weight excluding hydrogens is 369 g/mol. The van der Waals surface area contributed by atoms with E-state index < -0.39 is 21.8 Å². The molecule has 0 atom stereocenters. The van der Waals surface area contributed by atoms with Gasteiger partial charge in [0.05, 0.1) is 11.3 Å². The molecule has 0 radical (unpaired) electrons. The topological polar surface area (TPSA) is 69.0 Å². The Bertz CT molecular complexity index is 1060. The summed E-state index contributed by atoms with van der Waals surface area (Å²) in [5.74, 6) is 0. The number of hydrogen-bond donors (Lipinski definition) is 0. The van der Waals surface area contributed by atoms with Crippen molar-refractivity contribution in [3.8, 4) is 11.3 Å². The van der Waals surface area contributed by atoms with E-state index in [0.29, 0.717) is 10.3 Å². The lowest BCUT2D eigenvalue weighted by Crippen LogP contribution is -2.15. The Balaban J connectivity index is 2.30. The first-order valence-electron chi connectivity index (χ1n) is 7.25. The van der Waals surface area contributed by atoms with Gasteiger partial charge in [-0.2, -0.15) is 13.2 Å². The fourth-order valence-corrected chi connectivity index (χ4v) is 3.83. The van der Waals surface area contributed by atoms with Gasteiger partial charge in [-0.3, -0.25) is 9.78 Å². The summed E-state index contributed by atoms with van der Waals surface area (Å²) in [5, 5.41) is 0. The number of nitrogens with zero attached hydrogens (tertiary/aromatic N) is 2. The highest BCUT2D eigenvalue weighted by Crippen LogP contribution is 2.38. The van der Waals surface area contributed by atoms with Crippen LogP contribution in [0.4, 0.5) is 13.2 Å². The molecule has 0 spiro atoms. The summed E-state index contributed by atoms with van der Waals surface area (Å²) in [7, 11) is -4.24. The van der Waals surface area contributed by atoms with E-state index in [1.54, 1.807) is 0 Å². The van der Waals surface area contributed by atoms with Crippen molar-refractivity contribution in [2.75, 3.05) is 0 Å². The Morgan fingerprint density at radius 3 is 2.42 bits per heavy atom. The van der Waals surface area contributed by atoms with Crippen LogP contribution in [0.5, 0.6) is 0 Å². The molecule has 3 rings (SSSR count). The number of rotatable bonds is 4. The van der Waals surface area contributed by atoms with E-state index >= 15 is 0 Å². The van der Waals surface area contributed by atoms with Crippen molar-refractivity contribution >= 4 is 16.3 Å². The quantitative estimate of drug-likeness (QED) is 0.649. The highest BCUT2D eigenvalue weighted by molar-refractivity contribution is 7.90. The predicted octanol–water partition coefficient (Wildman–Crippen LogP) is 3.62. The standard InChI is InChI=1S/C17H11F3N2O3S/c18-17(19,20)15-6-2-1-5-14(15)16-8-12(11-23)10-22(16)26(24,25)13-4-3-7-21-9-13/h1-11H. The van der Waals surface area contributed by atoms with Gasteiger partial charge in [0, 0.05) is 29.7 Å². The highest BCUT2D eigenvalue weighted by Gasteiger charge is 2.35. The predicted molar refractivity (Wildman–Crippen MR) is 87.1 cm³/mol. The number of pyridine rings is 1. The first-order valence-corrected chi connectivity index (χ1v) is 8.69. The third kappa shape index (κ3) is 3.13. The van der Waals surface area contributed by atoms with Crippen molar-refractivity contribution in [3.63, 3.8) is 0 Å². The molecule has 0 N–H and O–H groups in total. The Morgan fingerprint density at radius 1 is 1.08 bits per heavy atom. The third-order valence-electron chi connectivity index (χ3n) is 3.64. The second kappa shape index (κ2) is 6.41. The lowest BCUT2D eigenvalue weighted by atomic mass is 10.0. The minimum Gasteiger partial charge on any atom is -0.298 e. The lowest BCUT2D eigenvalue weighted by molar-refractivity contribution is -0.137. The maximum atomic E-state index is 13.3. The van der Waals surface area contributed by atoms with E-state index in [-0.39, 0.29) is 21.7 Å². The first kappa shape index (κ1) is 17.9. The number of alkyl halides is 3. The zero-order chi connectivity index (χ0) is 18.9. The zero-order valence-electron chi connectivity index (χ0n) is 13.0. The fourth-order valence-electron chi connectivity index (χ4n) is 2.49. The van der Waals surface area contributed by atoms with Crippen LogP contribution in [-0.4, -0.2) is 23.7 Å². The van der Waals surface area contributed by atoms with Gasteiger partial charge in [-0.15, -0.1) is 0 Å². The number of hydrogen-bond acceptors (Lipinski definition) is 4. The summed E-state index contributed by atoms with van der Waals surface area (Å²) < 4.78 is 66.4. The van der Waals surface area contributed by atoms with Crippen LogP contribution in [0, 0.1) is 0 Å². The molecule has 0 bridgehead atoms. The molecule has 9 heteroatoms. The number of carbonyl (C=O) groups is 1. The monoisotopic (exact) mass is 380 g/mol. The second-order valence-electron chi connectivity index (χ2n) is 5.31. The first-order chi connectivity index (χ1) is 12.2. The van der Waals surface area contributed by atoms with Crippen LogP contribution >= 0.6 is 0 Å². The van der Waals surface area contributed by atoms with Gasteiger partial charge in [-0.1, -0.05) is 18.2 Å². The lowest BCUT2D eigenvalue weighted by Gasteiger charge is -2.15. The van der Waals surface area contributed by atoms with Crippen molar-refractivity contribution in [2.45, 2.75) is 11.1 Å². The van der Waals surface area contributed by atoms with E-state index in [0.717, 1.165) is 30.6 Å². The van der Waals surface area contributed by atoms with Crippen LogP contribution in [0.25, 0.3) is 11.3 Å². The summed E-state index contributed by atoms with van der Waals surface area (Å²) in [6, 6.07) is 8.33. The number of aromatic nitrogens is 2. The Hall–Kier alpha value is -2.94. The van der Waals surface area contributed by atoms with Crippen LogP contribution < -0.4 is 0 Å². The van der Waals surface area contributed by atoms with Crippen LogP contribution in [0.2, 0.25) is 0 Å². The van der Waals surface area contributed by atoms with Crippen molar-refractivity contribution in [2.24, 2.45) is 0 Å². The molecule has 0 fully saturated rings. The molecule has 0 unspecified atom stereocenters. The maximum Gasteiger partial charge on any atom is 0.417 e. The molecule has 2 aromatic heterocycles. The molecule has 2 heterocycles. The van der Waals surface area contributed by atoms with E-state index in [2.05, 4.69) is 4.98 Å². The third-order valence-corrected chi connectivity index (χ3v) is 5.30. The molecule has 26 heavy (non-hydrogen) atoms. The molecule has 0 aliphatic rings. The average molecular weight is 380 g/mol. The van der Waals surface area contributed by atoms with Gasteiger partial charge in [-0.05, 0) is 24.3 Å². The summed E-state index contributed by atoms with van der Waals surface area (Å²) in [5.41, 5.74) is -1.67. The Morgan fingerprint density at radius 2 is 1.81 bits per heavy atom. The Kier molecular flexibility index (Phi) is 4.41. The average Bonchev–Trinajstić information content (AvgIpc) is 3.07. The minimum atomic E-state index is -4.69. The van der Waals surface area contributed by atoms with Crippen LogP contribution in [0.15, 0.2) is 66.0 Å². The van der Waals surface area contributed by atoms with Crippen molar-refractivity contribution in [1.82, 2.24) is 8.96 Å². The van der Waals surface area contributed by atoms with Crippen LogP contribution in [0.3, 0.4) is 0 Å². The minimum absolute atomic E-state index is 0.0653. The van der Waals surface area contributed by atoms with E-state index in [4.69, 9.17) is 0 Å². The molecule has 0 amide bonds. The molecule has 0 saturated heterocycles. The second-order valence-corrected chi connectivity index (χ2v) is 7.12. The largest absolute Gasteiger partial charge is 0.417 e. The fraction of sp³-hybridized carbons (Fsp3) is 0.0588. The molecular formula is C17H11F3N2O3S. The smallest absolute Gasteiger partial charge is 0.298 e. The van der Waals surface area contributed by atoms with Crippen molar-refractivity contribution in [3.05, 3.63) is 72.2 Å². The normalized spacial score (nSPS) is 12.1. The molecule has 0 aliphatic carbocycles. The SMILES string of the molecule is O=Cc1cc(-c2ccccc2C(F)(F)F)n(S(=O)(=O)c2cccnc2)c1. The molecule has 3 aromatic rings. The van der Waals surface area contributed by atoms with Gasteiger partial charge in [0.1, 0.15) is 4.90 Å². The summed E-state index contributed by atoms with van der Waals surface area (Å²) in [6.45, 7) is 0. The molecule has 1 aromatic carbocycles. The molecule has 0 aliphatic heterocycles. The van der Waals surface area contributed by atoms with Crippen LogP contribution in [0.1, 0.15) is 15.9 Å². The molecule has 134 valence electrons. The summed E-state index contributed by atoms with van der Waals surface area (Å²) >= 11 is 0. The van der Waals surface area contributed by atoms with Gasteiger partial charge in [0.2, 0.25) is 0 Å². The van der Waals surface area contributed by atoms with Crippen molar-refractivity contribution < 1.29 is 26.4 Å². The number of halogens is 3. The Labute approximate surface area is 146 Å².